The second-order valence-electron chi connectivity index (χ2n) is 6.02. The first-order valence-electron chi connectivity index (χ1n) is 7.93. The van der Waals surface area contributed by atoms with E-state index in [-0.39, 0.29) is 35.6 Å². The number of carboxylic acid groups (broad SMARTS) is 1. The van der Waals surface area contributed by atoms with Gasteiger partial charge in [-0.05, 0) is 18.4 Å². The Bertz CT molecular complexity index is 868. The van der Waals surface area contributed by atoms with Crippen molar-refractivity contribution in [3.63, 3.8) is 0 Å². The summed E-state index contributed by atoms with van der Waals surface area (Å²) in [6, 6.07) is 7.31. The smallest absolute Gasteiger partial charge is 0.303 e. The molecule has 0 bridgehead atoms. The summed E-state index contributed by atoms with van der Waals surface area (Å²) in [5.74, 6) is -1.48. The van der Waals surface area contributed by atoms with E-state index in [1.807, 2.05) is 35.4 Å². The maximum atomic E-state index is 12.1. The summed E-state index contributed by atoms with van der Waals surface area (Å²) < 4.78 is 24.1. The van der Waals surface area contributed by atoms with Crippen LogP contribution < -0.4 is 4.90 Å². The van der Waals surface area contributed by atoms with Gasteiger partial charge < -0.3 is 10.0 Å². The fourth-order valence-electron chi connectivity index (χ4n) is 3.05. The number of thioether (sulfide) groups is 2. The van der Waals surface area contributed by atoms with Crippen molar-refractivity contribution in [2.75, 3.05) is 22.7 Å². The first-order chi connectivity index (χ1) is 12.3. The van der Waals surface area contributed by atoms with E-state index >= 15 is 0 Å². The molecule has 1 aromatic carbocycles. The summed E-state index contributed by atoms with van der Waals surface area (Å²) >= 11 is 2.82. The summed E-state index contributed by atoms with van der Waals surface area (Å²) in [6.45, 7) is 0. The number of nitrogens with zero attached hydrogens (tertiary/aromatic N) is 2. The number of anilines is 1. The first-order valence-corrected chi connectivity index (χ1v) is 11.9. The lowest BCUT2D eigenvalue weighted by Crippen LogP contribution is -2.38. The topological polar surface area (TPSA) is 104 Å². The lowest BCUT2D eigenvalue weighted by Gasteiger charge is -2.26. The molecule has 0 spiro atoms. The van der Waals surface area contributed by atoms with Crippen LogP contribution in [0, 0.1) is 0 Å². The monoisotopic (exact) mass is 414 g/mol. The number of para-hydroxylation sites is 1. The molecule has 2 heterocycles. The minimum Gasteiger partial charge on any atom is -0.481 e. The van der Waals surface area contributed by atoms with Crippen molar-refractivity contribution in [3.05, 3.63) is 24.3 Å². The minimum absolute atomic E-state index is 0.0235. The molecule has 0 aromatic heterocycles. The van der Waals surface area contributed by atoms with Gasteiger partial charge in [0, 0.05) is 16.6 Å². The third kappa shape index (κ3) is 4.07. The molecule has 2 fully saturated rings. The average Bonchev–Trinajstić information content (AvgIpc) is 3.03. The number of fused-ring (bicyclic) bond motifs is 1. The van der Waals surface area contributed by atoms with E-state index in [9.17, 15) is 18.0 Å². The zero-order valence-electron chi connectivity index (χ0n) is 14.0. The number of carbonyl (C=O) groups excluding carboxylic acids is 1. The Kier molecular flexibility index (Phi) is 5.64. The number of aliphatic imine (C=N–C) groups is 1. The second kappa shape index (κ2) is 7.61. The first kappa shape index (κ1) is 19.2. The second-order valence-corrected chi connectivity index (χ2v) is 10.2. The van der Waals surface area contributed by atoms with Gasteiger partial charge >= 0.3 is 5.97 Å². The quantitative estimate of drug-likeness (QED) is 0.728. The van der Waals surface area contributed by atoms with Crippen molar-refractivity contribution < 1.29 is 23.1 Å². The highest BCUT2D eigenvalue weighted by Crippen LogP contribution is 2.43. The van der Waals surface area contributed by atoms with E-state index in [0.717, 1.165) is 10.6 Å². The Labute approximate surface area is 160 Å². The molecule has 26 heavy (non-hydrogen) atoms. The highest BCUT2D eigenvalue weighted by atomic mass is 32.2. The SMILES string of the molecule is CSc1ccccc1N1C(=NC(=O)CCC(=O)O)SC2CS(=O)(=O)CC21. The molecular weight excluding hydrogens is 396 g/mol. The van der Waals surface area contributed by atoms with E-state index in [1.54, 1.807) is 0 Å². The fourth-order valence-corrected chi connectivity index (χ4v) is 7.57. The number of rotatable bonds is 5. The number of hydrogen-bond acceptors (Lipinski definition) is 6. The molecule has 2 aliphatic rings. The Morgan fingerprint density at radius 3 is 2.73 bits per heavy atom. The van der Waals surface area contributed by atoms with Gasteiger partial charge in [0.2, 0.25) is 5.91 Å². The van der Waals surface area contributed by atoms with Crippen LogP contribution in [-0.2, 0) is 19.4 Å². The van der Waals surface area contributed by atoms with Crippen LogP contribution >= 0.6 is 23.5 Å². The zero-order chi connectivity index (χ0) is 18.9. The molecule has 0 radical (unpaired) electrons. The van der Waals surface area contributed by atoms with Gasteiger partial charge in [-0.2, -0.15) is 4.99 Å². The fraction of sp³-hybridized carbons (Fsp3) is 0.438. The molecular formula is C16H18N2O5S3. The molecule has 0 aliphatic carbocycles. The van der Waals surface area contributed by atoms with Crippen molar-refractivity contribution in [1.82, 2.24) is 0 Å². The molecule has 2 atom stereocenters. The Balaban J connectivity index is 1.96. The van der Waals surface area contributed by atoms with Crippen molar-refractivity contribution in [2.24, 2.45) is 4.99 Å². The molecule has 2 saturated heterocycles. The standard InChI is InChI=1S/C16H18N2O5S3/c1-24-12-5-3-2-4-10(12)18-11-8-26(22,23)9-13(11)25-16(18)17-14(19)6-7-15(20)21/h2-5,11,13H,6-9H2,1H3,(H,20,21). The maximum absolute atomic E-state index is 12.1. The van der Waals surface area contributed by atoms with Gasteiger partial charge in [-0.1, -0.05) is 23.9 Å². The van der Waals surface area contributed by atoms with Crippen LogP contribution in [0.5, 0.6) is 0 Å². The minimum atomic E-state index is -3.13. The summed E-state index contributed by atoms with van der Waals surface area (Å²) in [5, 5.41) is 9.00. The number of hydrogen-bond donors (Lipinski definition) is 1. The molecule has 3 rings (SSSR count). The third-order valence-corrected chi connectivity index (χ3v) is 8.18. The maximum Gasteiger partial charge on any atom is 0.303 e. The van der Waals surface area contributed by atoms with Crippen LogP contribution in [0.4, 0.5) is 5.69 Å². The number of amides is 1. The molecule has 2 unspecified atom stereocenters. The van der Waals surface area contributed by atoms with Crippen molar-refractivity contribution in [2.45, 2.75) is 29.0 Å². The molecule has 1 N–H and O–H groups in total. The predicted molar refractivity (Wildman–Crippen MR) is 104 cm³/mol. The number of aliphatic carboxylic acids is 1. The molecule has 140 valence electrons. The van der Waals surface area contributed by atoms with Crippen LogP contribution in [0.25, 0.3) is 0 Å². The number of carboxylic acids is 1. The van der Waals surface area contributed by atoms with Gasteiger partial charge in [-0.3, -0.25) is 9.59 Å². The molecule has 0 saturated carbocycles. The summed E-state index contributed by atoms with van der Waals surface area (Å²) in [7, 11) is -3.13. The molecule has 2 aliphatic heterocycles. The zero-order valence-corrected chi connectivity index (χ0v) is 16.4. The Morgan fingerprint density at radius 1 is 1.31 bits per heavy atom. The summed E-state index contributed by atoms with van der Waals surface area (Å²) in [6.07, 6.45) is 1.48. The van der Waals surface area contributed by atoms with Crippen LogP contribution in [0.2, 0.25) is 0 Å². The molecule has 1 amide bonds. The van der Waals surface area contributed by atoms with Gasteiger partial charge in [0.05, 0.1) is 29.7 Å². The van der Waals surface area contributed by atoms with Crippen LogP contribution in [0.3, 0.4) is 0 Å². The molecule has 10 heteroatoms. The number of benzene rings is 1. The lowest BCUT2D eigenvalue weighted by molar-refractivity contribution is -0.138. The van der Waals surface area contributed by atoms with E-state index in [1.165, 1.54) is 23.5 Å². The van der Waals surface area contributed by atoms with Crippen LogP contribution in [0.1, 0.15) is 12.8 Å². The summed E-state index contributed by atoms with van der Waals surface area (Å²) in [4.78, 5) is 29.6. The van der Waals surface area contributed by atoms with Gasteiger partial charge in [0.1, 0.15) is 0 Å². The van der Waals surface area contributed by atoms with E-state index in [0.29, 0.717) is 5.17 Å². The highest BCUT2D eigenvalue weighted by molar-refractivity contribution is 8.16. The van der Waals surface area contributed by atoms with Crippen molar-refractivity contribution in [3.8, 4) is 0 Å². The average molecular weight is 415 g/mol. The van der Waals surface area contributed by atoms with E-state index in [2.05, 4.69) is 4.99 Å². The predicted octanol–water partition coefficient (Wildman–Crippen LogP) is 1.87. The molecule has 1 aromatic rings. The highest BCUT2D eigenvalue weighted by Gasteiger charge is 2.49. The number of carbonyl (C=O) groups is 2. The Morgan fingerprint density at radius 2 is 2.04 bits per heavy atom. The lowest BCUT2D eigenvalue weighted by atomic mass is 10.2. The van der Waals surface area contributed by atoms with Gasteiger partial charge in [-0.15, -0.1) is 11.8 Å². The van der Waals surface area contributed by atoms with Crippen LogP contribution in [-0.4, -0.2) is 59.6 Å². The number of sulfone groups is 1. The normalized spacial score (nSPS) is 25.4. The van der Waals surface area contributed by atoms with Gasteiger partial charge in [-0.25, -0.2) is 8.42 Å². The Hall–Kier alpha value is -1.52. The summed E-state index contributed by atoms with van der Waals surface area (Å²) in [5.41, 5.74) is 0.821. The van der Waals surface area contributed by atoms with Crippen molar-refractivity contribution >= 4 is 56.1 Å². The van der Waals surface area contributed by atoms with Gasteiger partial charge in [0.25, 0.3) is 0 Å². The van der Waals surface area contributed by atoms with E-state index < -0.39 is 21.7 Å². The van der Waals surface area contributed by atoms with Gasteiger partial charge in [0.15, 0.2) is 15.0 Å². The van der Waals surface area contributed by atoms with E-state index in [4.69, 9.17) is 5.11 Å². The van der Waals surface area contributed by atoms with Crippen molar-refractivity contribution in [1.29, 1.82) is 0 Å². The molecule has 7 nitrogen and oxygen atoms in total. The van der Waals surface area contributed by atoms with Crippen LogP contribution in [0.15, 0.2) is 34.2 Å². The largest absolute Gasteiger partial charge is 0.481 e. The number of amidine groups is 1. The third-order valence-electron chi connectivity index (χ3n) is 4.18.